The van der Waals surface area contributed by atoms with Gasteiger partial charge in [-0.2, -0.15) is 0 Å². The topological polar surface area (TPSA) is 89.1 Å². The Bertz CT molecular complexity index is 454. The Balaban J connectivity index is 2.08. The number of thiazole rings is 1. The van der Waals surface area contributed by atoms with E-state index in [1.54, 1.807) is 11.6 Å². The van der Waals surface area contributed by atoms with Crippen molar-refractivity contribution in [2.75, 3.05) is 5.75 Å². The van der Waals surface area contributed by atoms with Gasteiger partial charge in [0.2, 0.25) is 0 Å². The van der Waals surface area contributed by atoms with Crippen LogP contribution in [0.4, 0.5) is 0 Å². The summed E-state index contributed by atoms with van der Waals surface area (Å²) >= 11 is 2.36. The molecule has 0 aliphatic heterocycles. The van der Waals surface area contributed by atoms with Crippen molar-refractivity contribution in [1.82, 2.24) is 15.2 Å². The lowest BCUT2D eigenvalue weighted by Crippen LogP contribution is -1.97. The van der Waals surface area contributed by atoms with E-state index in [-0.39, 0.29) is 11.0 Å². The number of carbonyl (C=O) groups is 1. The van der Waals surface area contributed by atoms with Crippen LogP contribution < -0.4 is 0 Å². The number of carboxylic acid groups (broad SMARTS) is 1. The van der Waals surface area contributed by atoms with Crippen molar-refractivity contribution in [3.8, 4) is 10.9 Å². The molecule has 2 rings (SSSR count). The second-order valence-electron chi connectivity index (χ2n) is 2.39. The number of thioether (sulfide) groups is 1. The van der Waals surface area contributed by atoms with E-state index in [4.69, 9.17) is 9.52 Å². The van der Waals surface area contributed by atoms with E-state index in [1.807, 2.05) is 0 Å². The van der Waals surface area contributed by atoms with E-state index in [0.29, 0.717) is 10.9 Å². The fraction of sp³-hybridized carbons (Fsp3) is 0.143. The number of carboxylic acids is 1. The maximum atomic E-state index is 10.3. The summed E-state index contributed by atoms with van der Waals surface area (Å²) in [6.07, 6.45) is 1.63. The third-order valence-corrected chi connectivity index (χ3v) is 2.91. The molecule has 0 radical (unpaired) electrons. The Labute approximate surface area is 92.4 Å². The molecular weight excluding hydrogens is 238 g/mol. The number of nitrogens with zero attached hydrogens (tertiary/aromatic N) is 3. The number of hydrogen-bond acceptors (Lipinski definition) is 7. The Morgan fingerprint density at radius 3 is 3.13 bits per heavy atom. The molecule has 0 atom stereocenters. The number of rotatable bonds is 4. The average molecular weight is 243 g/mol. The van der Waals surface area contributed by atoms with E-state index in [9.17, 15) is 4.79 Å². The molecule has 0 spiro atoms. The summed E-state index contributed by atoms with van der Waals surface area (Å²) in [6.45, 7) is 0. The van der Waals surface area contributed by atoms with Crippen LogP contribution in [0.2, 0.25) is 0 Å². The number of hydrogen-bond donors (Lipinski definition) is 1. The maximum absolute atomic E-state index is 10.3. The molecule has 0 saturated carbocycles. The molecule has 1 N–H and O–H groups in total. The highest BCUT2D eigenvalue weighted by atomic mass is 32.2. The van der Waals surface area contributed by atoms with Crippen molar-refractivity contribution in [1.29, 1.82) is 0 Å². The van der Waals surface area contributed by atoms with Crippen molar-refractivity contribution >= 4 is 29.1 Å². The van der Waals surface area contributed by atoms with Crippen LogP contribution in [0.5, 0.6) is 0 Å². The first kappa shape index (κ1) is 10.1. The molecule has 0 aliphatic carbocycles. The van der Waals surface area contributed by atoms with Crippen molar-refractivity contribution in [2.24, 2.45) is 0 Å². The fourth-order valence-corrected chi connectivity index (χ4v) is 1.85. The van der Waals surface area contributed by atoms with Gasteiger partial charge < -0.3 is 9.52 Å². The monoisotopic (exact) mass is 243 g/mol. The Kier molecular flexibility index (Phi) is 2.97. The van der Waals surface area contributed by atoms with Crippen molar-refractivity contribution in [3.63, 3.8) is 0 Å². The number of aliphatic carboxylic acids is 1. The quantitative estimate of drug-likeness (QED) is 0.811. The lowest BCUT2D eigenvalue weighted by atomic mass is 10.7. The lowest BCUT2D eigenvalue weighted by molar-refractivity contribution is -0.133. The molecule has 0 saturated heterocycles. The summed E-state index contributed by atoms with van der Waals surface area (Å²) in [6, 6.07) is 0. The van der Waals surface area contributed by atoms with Crippen LogP contribution in [0.25, 0.3) is 10.9 Å². The Morgan fingerprint density at radius 2 is 2.47 bits per heavy atom. The van der Waals surface area contributed by atoms with Gasteiger partial charge in [0.05, 0.1) is 0 Å². The standard InChI is InChI=1S/C7H5N3O3S2/c11-4(12)3-15-7-10-9-5(13-7)6-8-1-2-14-6/h1-2H,3H2,(H,11,12). The molecule has 0 unspecified atom stereocenters. The van der Waals surface area contributed by atoms with Gasteiger partial charge in [0.1, 0.15) is 5.75 Å². The van der Waals surface area contributed by atoms with Gasteiger partial charge in [0.25, 0.3) is 11.1 Å². The van der Waals surface area contributed by atoms with E-state index >= 15 is 0 Å². The molecule has 0 amide bonds. The summed E-state index contributed by atoms with van der Waals surface area (Å²) < 4.78 is 5.20. The van der Waals surface area contributed by atoms with Crippen LogP contribution in [0.15, 0.2) is 21.2 Å². The minimum atomic E-state index is -0.922. The normalized spacial score (nSPS) is 10.4. The highest BCUT2D eigenvalue weighted by Crippen LogP contribution is 2.24. The SMILES string of the molecule is O=C(O)CSc1nnc(-c2nccs2)o1. The van der Waals surface area contributed by atoms with E-state index in [1.165, 1.54) is 11.3 Å². The molecule has 15 heavy (non-hydrogen) atoms. The lowest BCUT2D eigenvalue weighted by Gasteiger charge is -1.88. The zero-order valence-electron chi connectivity index (χ0n) is 7.28. The smallest absolute Gasteiger partial charge is 0.314 e. The molecule has 6 nitrogen and oxygen atoms in total. The Hall–Kier alpha value is -1.41. The van der Waals surface area contributed by atoms with Crippen molar-refractivity contribution in [3.05, 3.63) is 11.6 Å². The maximum Gasteiger partial charge on any atom is 0.314 e. The van der Waals surface area contributed by atoms with Gasteiger partial charge >= 0.3 is 5.97 Å². The van der Waals surface area contributed by atoms with Crippen LogP contribution in [-0.4, -0.2) is 32.0 Å². The predicted octanol–water partition coefficient (Wildman–Crippen LogP) is 1.37. The number of aromatic nitrogens is 3. The van der Waals surface area contributed by atoms with Gasteiger partial charge in [-0.25, -0.2) is 4.98 Å². The molecule has 2 aromatic rings. The van der Waals surface area contributed by atoms with Gasteiger partial charge in [-0.05, 0) is 0 Å². The van der Waals surface area contributed by atoms with Crippen LogP contribution in [0.3, 0.4) is 0 Å². The van der Waals surface area contributed by atoms with Gasteiger partial charge in [0, 0.05) is 11.6 Å². The second kappa shape index (κ2) is 4.41. The minimum Gasteiger partial charge on any atom is -0.481 e. The van der Waals surface area contributed by atoms with Gasteiger partial charge in [-0.1, -0.05) is 11.8 Å². The second-order valence-corrected chi connectivity index (χ2v) is 4.21. The first-order valence-corrected chi connectivity index (χ1v) is 5.70. The summed E-state index contributed by atoms with van der Waals surface area (Å²) in [5.41, 5.74) is 0. The zero-order chi connectivity index (χ0) is 10.7. The first-order valence-electron chi connectivity index (χ1n) is 3.83. The van der Waals surface area contributed by atoms with Crippen molar-refractivity contribution < 1.29 is 14.3 Å². The van der Waals surface area contributed by atoms with Crippen LogP contribution in [-0.2, 0) is 4.79 Å². The van der Waals surface area contributed by atoms with E-state index < -0.39 is 5.97 Å². The van der Waals surface area contributed by atoms with E-state index in [2.05, 4.69) is 15.2 Å². The molecule has 78 valence electrons. The third kappa shape index (κ3) is 2.54. The molecule has 2 aromatic heterocycles. The van der Waals surface area contributed by atoms with Gasteiger partial charge in [-0.15, -0.1) is 21.5 Å². The predicted molar refractivity (Wildman–Crippen MR) is 53.8 cm³/mol. The van der Waals surface area contributed by atoms with E-state index in [0.717, 1.165) is 11.8 Å². The van der Waals surface area contributed by atoms with Gasteiger partial charge in [-0.3, -0.25) is 4.79 Å². The van der Waals surface area contributed by atoms with Crippen molar-refractivity contribution in [2.45, 2.75) is 5.22 Å². The fourth-order valence-electron chi connectivity index (χ4n) is 0.807. The summed E-state index contributed by atoms with van der Waals surface area (Å²) in [5.74, 6) is -0.702. The molecule has 2 heterocycles. The summed E-state index contributed by atoms with van der Waals surface area (Å²) in [7, 11) is 0. The third-order valence-electron chi connectivity index (χ3n) is 1.34. The van der Waals surface area contributed by atoms with Crippen LogP contribution >= 0.6 is 23.1 Å². The molecule has 0 aliphatic rings. The van der Waals surface area contributed by atoms with Crippen LogP contribution in [0.1, 0.15) is 0 Å². The minimum absolute atomic E-state index is 0.0977. The Morgan fingerprint density at radius 1 is 1.60 bits per heavy atom. The molecule has 0 bridgehead atoms. The largest absolute Gasteiger partial charge is 0.481 e. The molecular formula is C7H5N3O3S2. The molecule has 8 heteroatoms. The zero-order valence-corrected chi connectivity index (χ0v) is 8.92. The molecule has 0 aromatic carbocycles. The highest BCUT2D eigenvalue weighted by Gasteiger charge is 2.11. The average Bonchev–Trinajstić information content (AvgIpc) is 2.85. The van der Waals surface area contributed by atoms with Crippen LogP contribution in [0, 0.1) is 0 Å². The van der Waals surface area contributed by atoms with Gasteiger partial charge in [0.15, 0.2) is 5.01 Å². The highest BCUT2D eigenvalue weighted by molar-refractivity contribution is 7.99. The molecule has 0 fully saturated rings. The summed E-state index contributed by atoms with van der Waals surface area (Å²) in [5, 5.41) is 18.6. The summed E-state index contributed by atoms with van der Waals surface area (Å²) in [4.78, 5) is 14.3. The first-order chi connectivity index (χ1) is 7.25.